The molecule has 7 nitrogen and oxygen atoms in total. The first-order valence-electron chi connectivity index (χ1n) is 12.6. The number of nitrogens with zero attached hydrogens (tertiary/aromatic N) is 1. The number of aromatic nitrogens is 1. The van der Waals surface area contributed by atoms with E-state index in [1.54, 1.807) is 43.5 Å². The number of phenolic OH excluding ortho intramolecular Hbond substituents is 1. The lowest BCUT2D eigenvalue weighted by Gasteiger charge is -2.23. The summed E-state index contributed by atoms with van der Waals surface area (Å²) in [5.74, 6) is 1.69. The number of phenols is 1. The van der Waals surface area contributed by atoms with Crippen molar-refractivity contribution in [3.8, 4) is 39.8 Å². The summed E-state index contributed by atoms with van der Waals surface area (Å²) >= 11 is 0. The predicted octanol–water partition coefficient (Wildman–Crippen LogP) is 5.86. The maximum Gasteiger partial charge on any atom is 0.199 e. The molecule has 37 heavy (non-hydrogen) atoms. The maximum absolute atomic E-state index is 13.8. The Bertz CT molecular complexity index is 1320. The van der Waals surface area contributed by atoms with Crippen LogP contribution in [-0.4, -0.2) is 42.3 Å². The number of nitrogens with one attached hydrogen (secondary N) is 1. The van der Waals surface area contributed by atoms with Gasteiger partial charge in [-0.3, -0.25) is 4.79 Å². The third-order valence-electron chi connectivity index (χ3n) is 6.68. The van der Waals surface area contributed by atoms with E-state index in [1.165, 1.54) is 19.3 Å². The van der Waals surface area contributed by atoms with Crippen molar-refractivity contribution in [1.82, 2.24) is 10.5 Å². The standard InChI is InChI=1S/C30H30N2O5/c1-35-25-13-7-20(8-14-25)28-27(30(37-32-28)22-5-11-24(33)12-6-22)29(34)21-9-15-26(16-10-21)36-19-17-23-4-2-3-18-31-23/h5-16,23,31,33H,2-4,17-19H2,1H3. The van der Waals surface area contributed by atoms with Crippen molar-refractivity contribution in [2.75, 3.05) is 20.3 Å². The van der Waals surface area contributed by atoms with Crippen LogP contribution in [0.15, 0.2) is 77.3 Å². The van der Waals surface area contributed by atoms with Crippen LogP contribution >= 0.6 is 0 Å². The molecule has 1 atom stereocenters. The summed E-state index contributed by atoms with van der Waals surface area (Å²) < 4.78 is 16.9. The molecule has 1 fully saturated rings. The third kappa shape index (κ3) is 5.67. The molecule has 0 amide bonds. The lowest BCUT2D eigenvalue weighted by molar-refractivity contribution is 0.103. The molecule has 1 unspecified atom stereocenters. The highest BCUT2D eigenvalue weighted by Gasteiger charge is 2.26. The lowest BCUT2D eigenvalue weighted by Crippen LogP contribution is -2.35. The number of methoxy groups -OCH3 is 1. The second kappa shape index (κ2) is 11.3. The van der Waals surface area contributed by atoms with Gasteiger partial charge >= 0.3 is 0 Å². The topological polar surface area (TPSA) is 93.8 Å². The van der Waals surface area contributed by atoms with E-state index in [4.69, 9.17) is 14.0 Å². The summed E-state index contributed by atoms with van der Waals surface area (Å²) in [5, 5.41) is 17.5. The molecular weight excluding hydrogens is 468 g/mol. The number of benzene rings is 3. The quantitative estimate of drug-likeness (QED) is 0.279. The van der Waals surface area contributed by atoms with Gasteiger partial charge in [-0.2, -0.15) is 0 Å². The maximum atomic E-state index is 13.8. The zero-order chi connectivity index (χ0) is 25.6. The number of ether oxygens (including phenoxy) is 2. The molecule has 1 aliphatic heterocycles. The van der Waals surface area contributed by atoms with Gasteiger partial charge in [-0.05, 0) is 98.6 Å². The minimum Gasteiger partial charge on any atom is -0.508 e. The Morgan fingerprint density at radius 1 is 0.973 bits per heavy atom. The molecule has 1 saturated heterocycles. The van der Waals surface area contributed by atoms with Crippen LogP contribution in [0.5, 0.6) is 17.2 Å². The zero-order valence-electron chi connectivity index (χ0n) is 20.8. The molecule has 7 heteroatoms. The lowest BCUT2D eigenvalue weighted by atomic mass is 9.95. The van der Waals surface area contributed by atoms with Crippen molar-refractivity contribution in [1.29, 1.82) is 0 Å². The number of ketones is 1. The van der Waals surface area contributed by atoms with Crippen LogP contribution in [0, 0.1) is 0 Å². The number of aromatic hydroxyl groups is 1. The Labute approximate surface area is 216 Å². The van der Waals surface area contributed by atoms with E-state index in [0.717, 1.165) is 24.3 Å². The molecule has 190 valence electrons. The average Bonchev–Trinajstić information content (AvgIpc) is 3.39. The highest BCUT2D eigenvalue weighted by molar-refractivity contribution is 6.15. The highest BCUT2D eigenvalue weighted by Crippen LogP contribution is 2.35. The van der Waals surface area contributed by atoms with E-state index in [0.29, 0.717) is 46.5 Å². The van der Waals surface area contributed by atoms with Gasteiger partial charge in [0, 0.05) is 22.7 Å². The molecular formula is C30H30N2O5. The van der Waals surface area contributed by atoms with E-state index in [2.05, 4.69) is 10.5 Å². The number of rotatable bonds is 9. The normalized spacial score (nSPS) is 15.3. The fourth-order valence-corrected chi connectivity index (χ4v) is 4.59. The molecule has 0 aliphatic carbocycles. The van der Waals surface area contributed by atoms with E-state index in [1.807, 2.05) is 36.4 Å². The summed E-state index contributed by atoms with van der Waals surface area (Å²) in [7, 11) is 1.60. The van der Waals surface area contributed by atoms with Crippen LogP contribution in [0.25, 0.3) is 22.6 Å². The van der Waals surface area contributed by atoms with Crippen LogP contribution in [0.3, 0.4) is 0 Å². The molecule has 4 aromatic rings. The summed E-state index contributed by atoms with van der Waals surface area (Å²) in [6.07, 6.45) is 4.66. The number of piperidine rings is 1. The molecule has 5 rings (SSSR count). The van der Waals surface area contributed by atoms with Gasteiger partial charge in [-0.1, -0.05) is 11.6 Å². The van der Waals surface area contributed by atoms with Gasteiger partial charge in [0.25, 0.3) is 0 Å². The molecule has 0 spiro atoms. The minimum atomic E-state index is -0.215. The third-order valence-corrected chi connectivity index (χ3v) is 6.68. The molecule has 1 aliphatic rings. The second-order valence-corrected chi connectivity index (χ2v) is 9.15. The van der Waals surface area contributed by atoms with E-state index in [-0.39, 0.29) is 11.5 Å². The first-order chi connectivity index (χ1) is 18.1. The van der Waals surface area contributed by atoms with Crippen LogP contribution in [0.2, 0.25) is 0 Å². The summed E-state index contributed by atoms with van der Waals surface area (Å²) in [4.78, 5) is 13.8. The van der Waals surface area contributed by atoms with E-state index >= 15 is 0 Å². The minimum absolute atomic E-state index is 0.126. The Hall–Kier alpha value is -4.10. The van der Waals surface area contributed by atoms with Crippen molar-refractivity contribution < 1.29 is 23.9 Å². The molecule has 1 aromatic heterocycles. The Balaban J connectivity index is 1.40. The molecule has 0 bridgehead atoms. The van der Waals surface area contributed by atoms with Gasteiger partial charge in [0.2, 0.25) is 0 Å². The van der Waals surface area contributed by atoms with Crippen LogP contribution in [-0.2, 0) is 0 Å². The molecule has 2 N–H and O–H groups in total. The molecule has 0 radical (unpaired) electrons. The first kappa shape index (κ1) is 24.6. The summed E-state index contributed by atoms with van der Waals surface area (Å²) in [6, 6.07) is 21.5. The Morgan fingerprint density at radius 2 is 1.68 bits per heavy atom. The summed E-state index contributed by atoms with van der Waals surface area (Å²) in [6.45, 7) is 1.71. The number of carbonyl (C=O) groups is 1. The molecule has 3 aromatic carbocycles. The van der Waals surface area contributed by atoms with Crippen molar-refractivity contribution in [3.05, 3.63) is 83.9 Å². The van der Waals surface area contributed by atoms with Crippen molar-refractivity contribution in [3.63, 3.8) is 0 Å². The first-order valence-corrected chi connectivity index (χ1v) is 12.6. The van der Waals surface area contributed by atoms with Crippen LogP contribution in [0.4, 0.5) is 0 Å². The number of hydrogen-bond donors (Lipinski definition) is 2. The number of hydrogen-bond acceptors (Lipinski definition) is 7. The summed E-state index contributed by atoms with van der Waals surface area (Å²) in [5.41, 5.74) is 2.67. The average molecular weight is 499 g/mol. The van der Waals surface area contributed by atoms with Gasteiger partial charge in [-0.15, -0.1) is 0 Å². The predicted molar refractivity (Wildman–Crippen MR) is 141 cm³/mol. The fraction of sp³-hybridized carbons (Fsp3) is 0.267. The molecule has 2 heterocycles. The van der Waals surface area contributed by atoms with Gasteiger partial charge < -0.3 is 24.4 Å². The Morgan fingerprint density at radius 3 is 2.35 bits per heavy atom. The van der Waals surface area contributed by atoms with E-state index < -0.39 is 0 Å². The van der Waals surface area contributed by atoms with Gasteiger partial charge in [0.1, 0.15) is 22.9 Å². The van der Waals surface area contributed by atoms with Crippen molar-refractivity contribution >= 4 is 5.78 Å². The number of carbonyl (C=O) groups excluding carboxylic acids is 1. The van der Waals surface area contributed by atoms with Crippen LogP contribution in [0.1, 0.15) is 41.6 Å². The van der Waals surface area contributed by atoms with Gasteiger partial charge in [-0.25, -0.2) is 0 Å². The largest absolute Gasteiger partial charge is 0.508 e. The zero-order valence-corrected chi connectivity index (χ0v) is 20.8. The van der Waals surface area contributed by atoms with Crippen molar-refractivity contribution in [2.45, 2.75) is 31.7 Å². The highest BCUT2D eigenvalue weighted by atomic mass is 16.5. The Kier molecular flexibility index (Phi) is 7.51. The fourth-order valence-electron chi connectivity index (χ4n) is 4.59. The van der Waals surface area contributed by atoms with Crippen LogP contribution < -0.4 is 14.8 Å². The van der Waals surface area contributed by atoms with Crippen molar-refractivity contribution in [2.24, 2.45) is 0 Å². The smallest absolute Gasteiger partial charge is 0.199 e. The molecule has 0 saturated carbocycles. The monoisotopic (exact) mass is 498 g/mol. The SMILES string of the molecule is COc1ccc(-c2noc(-c3ccc(O)cc3)c2C(=O)c2ccc(OCCC3CCCCN3)cc2)cc1. The second-order valence-electron chi connectivity index (χ2n) is 9.15. The van der Waals surface area contributed by atoms with Gasteiger partial charge in [0.05, 0.1) is 19.3 Å². The van der Waals surface area contributed by atoms with Gasteiger partial charge in [0.15, 0.2) is 11.5 Å². The van der Waals surface area contributed by atoms with E-state index in [9.17, 15) is 9.90 Å².